The normalized spacial score (nSPS) is 28.8. The van der Waals surface area contributed by atoms with Gasteiger partial charge in [-0.25, -0.2) is 0 Å². The molecule has 0 heterocycles. The maximum atomic E-state index is 9.94. The summed E-state index contributed by atoms with van der Waals surface area (Å²) in [6.45, 7) is 8.75. The first kappa shape index (κ1) is 15.9. The predicted molar refractivity (Wildman–Crippen MR) is 73.7 cm³/mol. The van der Waals surface area contributed by atoms with E-state index in [4.69, 9.17) is 9.47 Å². The van der Waals surface area contributed by atoms with Gasteiger partial charge in [0.05, 0.1) is 25.4 Å². The lowest BCUT2D eigenvalue weighted by atomic mass is 9.79. The van der Waals surface area contributed by atoms with Gasteiger partial charge >= 0.3 is 0 Å². The lowest BCUT2D eigenvalue weighted by molar-refractivity contribution is -0.0883. The second kappa shape index (κ2) is 8.89. The third kappa shape index (κ3) is 5.68. The molecule has 0 spiro atoms. The average molecular weight is 258 g/mol. The standard InChI is InChI=1S/C15H30O3/c1-4-5-8-17-9-10-18-15-11-13(12(2)3)6-7-14(15)16/h12-16H,4-11H2,1-3H3. The lowest BCUT2D eigenvalue weighted by Crippen LogP contribution is -2.38. The highest BCUT2D eigenvalue weighted by Gasteiger charge is 2.31. The van der Waals surface area contributed by atoms with E-state index < -0.39 is 0 Å². The molecular weight excluding hydrogens is 228 g/mol. The SMILES string of the molecule is CCCCOCCOC1CC(C(C)C)CCC1O. The molecule has 1 aliphatic rings. The van der Waals surface area contributed by atoms with E-state index in [1.54, 1.807) is 0 Å². The van der Waals surface area contributed by atoms with Crippen LogP contribution in [0.3, 0.4) is 0 Å². The summed E-state index contributed by atoms with van der Waals surface area (Å²) in [5, 5.41) is 9.94. The van der Waals surface area contributed by atoms with E-state index in [1.807, 2.05) is 0 Å². The first-order valence-electron chi connectivity index (χ1n) is 7.52. The third-order valence-corrected chi connectivity index (χ3v) is 3.94. The number of hydrogen-bond donors (Lipinski definition) is 1. The summed E-state index contributed by atoms with van der Waals surface area (Å²) >= 11 is 0. The van der Waals surface area contributed by atoms with Gasteiger partial charge < -0.3 is 14.6 Å². The molecule has 108 valence electrons. The molecule has 1 N–H and O–H groups in total. The topological polar surface area (TPSA) is 38.7 Å². The van der Waals surface area contributed by atoms with Crippen LogP contribution in [0.15, 0.2) is 0 Å². The number of rotatable bonds is 8. The van der Waals surface area contributed by atoms with E-state index in [1.165, 1.54) is 0 Å². The fraction of sp³-hybridized carbons (Fsp3) is 1.00. The minimum Gasteiger partial charge on any atom is -0.390 e. The molecule has 0 aliphatic heterocycles. The Morgan fingerprint density at radius 1 is 1.17 bits per heavy atom. The van der Waals surface area contributed by atoms with Crippen LogP contribution in [-0.4, -0.2) is 37.1 Å². The molecule has 0 aromatic heterocycles. The molecular formula is C15H30O3. The van der Waals surface area contributed by atoms with Gasteiger partial charge in [-0.15, -0.1) is 0 Å². The summed E-state index contributed by atoms with van der Waals surface area (Å²) < 4.78 is 11.2. The molecule has 0 amide bonds. The molecule has 0 bridgehead atoms. The van der Waals surface area contributed by atoms with Gasteiger partial charge in [0, 0.05) is 6.61 Å². The van der Waals surface area contributed by atoms with Crippen molar-refractivity contribution < 1.29 is 14.6 Å². The van der Waals surface area contributed by atoms with E-state index in [0.29, 0.717) is 25.0 Å². The highest BCUT2D eigenvalue weighted by molar-refractivity contribution is 4.81. The summed E-state index contributed by atoms with van der Waals surface area (Å²) in [6, 6.07) is 0. The summed E-state index contributed by atoms with van der Waals surface area (Å²) in [6.07, 6.45) is 5.01. The Morgan fingerprint density at radius 2 is 1.94 bits per heavy atom. The largest absolute Gasteiger partial charge is 0.390 e. The molecule has 0 aromatic carbocycles. The van der Waals surface area contributed by atoms with Crippen LogP contribution in [0, 0.1) is 11.8 Å². The van der Waals surface area contributed by atoms with Crippen molar-refractivity contribution in [1.82, 2.24) is 0 Å². The van der Waals surface area contributed by atoms with Crippen molar-refractivity contribution in [2.24, 2.45) is 11.8 Å². The zero-order valence-electron chi connectivity index (χ0n) is 12.2. The highest BCUT2D eigenvalue weighted by atomic mass is 16.5. The van der Waals surface area contributed by atoms with E-state index in [-0.39, 0.29) is 12.2 Å². The molecule has 1 saturated carbocycles. The van der Waals surface area contributed by atoms with Crippen molar-refractivity contribution in [2.75, 3.05) is 19.8 Å². The first-order chi connectivity index (χ1) is 8.65. The Bertz CT molecular complexity index is 206. The third-order valence-electron chi connectivity index (χ3n) is 3.94. The maximum Gasteiger partial charge on any atom is 0.0837 e. The van der Waals surface area contributed by atoms with Crippen molar-refractivity contribution in [3.63, 3.8) is 0 Å². The molecule has 18 heavy (non-hydrogen) atoms. The van der Waals surface area contributed by atoms with Gasteiger partial charge in [-0.1, -0.05) is 27.2 Å². The van der Waals surface area contributed by atoms with Crippen LogP contribution in [0.2, 0.25) is 0 Å². The van der Waals surface area contributed by atoms with Gasteiger partial charge in [-0.05, 0) is 37.5 Å². The quantitative estimate of drug-likeness (QED) is 0.680. The van der Waals surface area contributed by atoms with E-state index >= 15 is 0 Å². The van der Waals surface area contributed by atoms with Crippen LogP contribution < -0.4 is 0 Å². The van der Waals surface area contributed by atoms with Gasteiger partial charge in [0.25, 0.3) is 0 Å². The second-order valence-corrected chi connectivity index (χ2v) is 5.76. The van der Waals surface area contributed by atoms with E-state index in [0.717, 1.165) is 38.7 Å². The smallest absolute Gasteiger partial charge is 0.0837 e. The zero-order valence-corrected chi connectivity index (χ0v) is 12.2. The van der Waals surface area contributed by atoms with Gasteiger partial charge in [0.15, 0.2) is 0 Å². The van der Waals surface area contributed by atoms with Crippen molar-refractivity contribution >= 4 is 0 Å². The minimum absolute atomic E-state index is 0.0147. The van der Waals surface area contributed by atoms with E-state index in [9.17, 15) is 5.11 Å². The number of ether oxygens (including phenoxy) is 2. The molecule has 0 radical (unpaired) electrons. The van der Waals surface area contributed by atoms with Gasteiger partial charge in [-0.2, -0.15) is 0 Å². The molecule has 1 fully saturated rings. The Labute approximate surface area is 112 Å². The minimum atomic E-state index is -0.282. The zero-order chi connectivity index (χ0) is 13.4. The van der Waals surface area contributed by atoms with E-state index in [2.05, 4.69) is 20.8 Å². The number of hydrogen-bond acceptors (Lipinski definition) is 3. The number of unbranched alkanes of at least 4 members (excludes halogenated alkanes) is 1. The molecule has 1 rings (SSSR count). The summed E-state index contributed by atoms with van der Waals surface area (Å²) in [7, 11) is 0. The fourth-order valence-corrected chi connectivity index (χ4v) is 2.54. The molecule has 0 aromatic rings. The monoisotopic (exact) mass is 258 g/mol. The van der Waals surface area contributed by atoms with Crippen LogP contribution in [0.25, 0.3) is 0 Å². The Hall–Kier alpha value is -0.120. The number of aliphatic hydroxyl groups excluding tert-OH is 1. The van der Waals surface area contributed by atoms with Crippen molar-refractivity contribution in [3.05, 3.63) is 0 Å². The summed E-state index contributed by atoms with van der Waals surface area (Å²) in [5.74, 6) is 1.38. The summed E-state index contributed by atoms with van der Waals surface area (Å²) in [5.41, 5.74) is 0. The van der Waals surface area contributed by atoms with Crippen LogP contribution in [0.1, 0.15) is 52.9 Å². The van der Waals surface area contributed by atoms with Crippen molar-refractivity contribution in [1.29, 1.82) is 0 Å². The van der Waals surface area contributed by atoms with Crippen molar-refractivity contribution in [3.8, 4) is 0 Å². The molecule has 3 heteroatoms. The highest BCUT2D eigenvalue weighted by Crippen LogP contribution is 2.31. The Balaban J connectivity index is 2.15. The second-order valence-electron chi connectivity index (χ2n) is 5.76. The first-order valence-corrected chi connectivity index (χ1v) is 7.52. The van der Waals surface area contributed by atoms with Crippen LogP contribution >= 0.6 is 0 Å². The Morgan fingerprint density at radius 3 is 2.61 bits per heavy atom. The molecule has 0 saturated heterocycles. The molecule has 3 unspecified atom stereocenters. The van der Waals surface area contributed by atoms with Crippen LogP contribution in [0.4, 0.5) is 0 Å². The molecule has 3 nitrogen and oxygen atoms in total. The van der Waals surface area contributed by atoms with Crippen molar-refractivity contribution in [2.45, 2.75) is 65.1 Å². The maximum absolute atomic E-state index is 9.94. The Kier molecular flexibility index (Phi) is 7.87. The van der Waals surface area contributed by atoms with Gasteiger partial charge in [-0.3, -0.25) is 0 Å². The van der Waals surface area contributed by atoms with Crippen LogP contribution in [0.5, 0.6) is 0 Å². The summed E-state index contributed by atoms with van der Waals surface area (Å²) in [4.78, 5) is 0. The van der Waals surface area contributed by atoms with Crippen LogP contribution in [-0.2, 0) is 9.47 Å². The fourth-order valence-electron chi connectivity index (χ4n) is 2.54. The molecule has 1 aliphatic carbocycles. The van der Waals surface area contributed by atoms with Gasteiger partial charge in [0.2, 0.25) is 0 Å². The number of aliphatic hydroxyl groups is 1. The van der Waals surface area contributed by atoms with Gasteiger partial charge in [0.1, 0.15) is 0 Å². The molecule has 3 atom stereocenters. The average Bonchev–Trinajstić information content (AvgIpc) is 2.35. The predicted octanol–water partition coefficient (Wildman–Crippen LogP) is 3.01. The lowest BCUT2D eigenvalue weighted by Gasteiger charge is -2.35.